The number of piperazine rings is 2. The molecule has 3 rings (SSSR count). The highest BCUT2D eigenvalue weighted by atomic mass is 16.2. The number of hydrogen-bond donors (Lipinski definition) is 1. The van der Waals surface area contributed by atoms with Crippen molar-refractivity contribution in [2.45, 2.75) is 12.6 Å². The van der Waals surface area contributed by atoms with Crippen molar-refractivity contribution < 1.29 is 9.59 Å². The van der Waals surface area contributed by atoms with Crippen LogP contribution >= 0.6 is 0 Å². The van der Waals surface area contributed by atoms with Crippen LogP contribution in [-0.2, 0) is 16.1 Å². The van der Waals surface area contributed by atoms with Crippen LogP contribution in [0, 0.1) is 0 Å². The van der Waals surface area contributed by atoms with Crippen LogP contribution in [0.3, 0.4) is 0 Å². The number of pyridine rings is 1. The van der Waals surface area contributed by atoms with E-state index in [4.69, 9.17) is 0 Å². The highest BCUT2D eigenvalue weighted by Crippen LogP contribution is 2.16. The molecular formula is C13H16N4O2. The minimum atomic E-state index is -0.401. The molecule has 19 heavy (non-hydrogen) atoms. The molecule has 2 fully saturated rings. The van der Waals surface area contributed by atoms with Gasteiger partial charge < -0.3 is 15.1 Å². The molecule has 0 aromatic carbocycles. The Hall–Kier alpha value is -1.95. The van der Waals surface area contributed by atoms with Crippen molar-refractivity contribution >= 4 is 11.8 Å². The third-order valence-electron chi connectivity index (χ3n) is 3.61. The first kappa shape index (κ1) is 12.1. The molecule has 1 N–H and O–H groups in total. The molecule has 6 nitrogen and oxygen atoms in total. The van der Waals surface area contributed by atoms with Crippen molar-refractivity contribution in [3.63, 3.8) is 0 Å². The minimum absolute atomic E-state index is 0.0932. The van der Waals surface area contributed by atoms with Gasteiger partial charge in [0.2, 0.25) is 0 Å². The second-order valence-corrected chi connectivity index (χ2v) is 4.90. The van der Waals surface area contributed by atoms with Crippen LogP contribution in [0.2, 0.25) is 0 Å². The van der Waals surface area contributed by atoms with E-state index in [9.17, 15) is 9.59 Å². The molecule has 1 aromatic heterocycles. The van der Waals surface area contributed by atoms with Crippen LogP contribution in [0.15, 0.2) is 24.5 Å². The van der Waals surface area contributed by atoms with E-state index >= 15 is 0 Å². The third kappa shape index (κ3) is 2.31. The van der Waals surface area contributed by atoms with Crippen LogP contribution in [-0.4, -0.2) is 58.8 Å². The highest BCUT2D eigenvalue weighted by molar-refractivity contribution is 6.35. The number of rotatable bonds is 2. The Morgan fingerprint density at radius 2 is 2.26 bits per heavy atom. The molecule has 1 aromatic rings. The second-order valence-electron chi connectivity index (χ2n) is 4.90. The van der Waals surface area contributed by atoms with Crippen molar-refractivity contribution in [3.05, 3.63) is 30.1 Å². The van der Waals surface area contributed by atoms with Crippen molar-refractivity contribution in [2.75, 3.05) is 26.2 Å². The van der Waals surface area contributed by atoms with E-state index in [2.05, 4.69) is 10.3 Å². The fourth-order valence-electron chi connectivity index (χ4n) is 2.64. The lowest BCUT2D eigenvalue weighted by molar-refractivity contribution is -0.160. The number of carbonyl (C=O) groups is 2. The van der Waals surface area contributed by atoms with Gasteiger partial charge in [-0.1, -0.05) is 6.07 Å². The zero-order valence-electron chi connectivity index (χ0n) is 10.6. The van der Waals surface area contributed by atoms with Crippen LogP contribution in [0.4, 0.5) is 0 Å². The number of fused-ring (bicyclic) bond motifs is 1. The number of aromatic nitrogens is 1. The van der Waals surface area contributed by atoms with Crippen molar-refractivity contribution in [3.8, 4) is 0 Å². The van der Waals surface area contributed by atoms with E-state index < -0.39 is 5.91 Å². The van der Waals surface area contributed by atoms with Crippen LogP contribution < -0.4 is 5.32 Å². The molecule has 6 heteroatoms. The Morgan fingerprint density at radius 3 is 3.05 bits per heavy atom. The van der Waals surface area contributed by atoms with Gasteiger partial charge >= 0.3 is 11.8 Å². The van der Waals surface area contributed by atoms with Gasteiger partial charge in [-0.2, -0.15) is 0 Å². The lowest BCUT2D eigenvalue weighted by atomic mass is 10.1. The summed E-state index contributed by atoms with van der Waals surface area (Å²) in [6, 6.07) is 3.84. The Labute approximate surface area is 111 Å². The maximum absolute atomic E-state index is 12.1. The maximum atomic E-state index is 12.1. The van der Waals surface area contributed by atoms with Crippen LogP contribution in [0.25, 0.3) is 0 Å². The van der Waals surface area contributed by atoms with E-state index in [1.807, 2.05) is 12.1 Å². The van der Waals surface area contributed by atoms with E-state index in [-0.39, 0.29) is 11.9 Å². The quantitative estimate of drug-likeness (QED) is 0.709. The topological polar surface area (TPSA) is 65.5 Å². The van der Waals surface area contributed by atoms with E-state index in [0.29, 0.717) is 19.6 Å². The summed E-state index contributed by atoms with van der Waals surface area (Å²) >= 11 is 0. The Morgan fingerprint density at radius 1 is 1.37 bits per heavy atom. The van der Waals surface area contributed by atoms with E-state index in [1.165, 1.54) is 0 Å². The first-order chi connectivity index (χ1) is 9.25. The molecule has 3 heterocycles. The molecule has 2 aliphatic heterocycles. The first-order valence-corrected chi connectivity index (χ1v) is 6.45. The van der Waals surface area contributed by atoms with Gasteiger partial charge in [-0.25, -0.2) is 0 Å². The molecule has 0 aliphatic carbocycles. The van der Waals surface area contributed by atoms with Gasteiger partial charge in [-0.3, -0.25) is 14.6 Å². The number of nitrogens with one attached hydrogen (secondary N) is 1. The summed E-state index contributed by atoms with van der Waals surface area (Å²) in [7, 11) is 0. The summed E-state index contributed by atoms with van der Waals surface area (Å²) in [6.45, 7) is 3.17. The Bertz CT molecular complexity index is 491. The smallest absolute Gasteiger partial charge is 0.312 e. The number of nitrogens with zero attached hydrogens (tertiary/aromatic N) is 3. The molecule has 2 saturated heterocycles. The Balaban J connectivity index is 1.75. The normalized spacial score (nSPS) is 23.5. The summed E-state index contributed by atoms with van der Waals surface area (Å²) in [5.74, 6) is -0.774. The maximum Gasteiger partial charge on any atom is 0.312 e. The standard InChI is InChI=1S/C13H16N4O2/c18-12-13(19)17-5-4-15-7-11(17)9-16(12)8-10-2-1-3-14-6-10/h1-3,6,11,15H,4-5,7-9H2. The highest BCUT2D eigenvalue weighted by Gasteiger charge is 2.39. The largest absolute Gasteiger partial charge is 0.328 e. The molecule has 100 valence electrons. The van der Waals surface area contributed by atoms with Crippen molar-refractivity contribution in [1.29, 1.82) is 0 Å². The fourth-order valence-corrected chi connectivity index (χ4v) is 2.64. The average Bonchev–Trinajstić information content (AvgIpc) is 2.46. The molecule has 0 radical (unpaired) electrons. The van der Waals surface area contributed by atoms with E-state index in [1.54, 1.807) is 22.2 Å². The zero-order chi connectivity index (χ0) is 13.2. The lowest BCUT2D eigenvalue weighted by Crippen LogP contribution is -2.65. The summed E-state index contributed by atoms with van der Waals surface area (Å²) < 4.78 is 0. The fraction of sp³-hybridized carbons (Fsp3) is 0.462. The van der Waals surface area contributed by atoms with Gasteiger partial charge in [0.15, 0.2) is 0 Å². The molecule has 1 atom stereocenters. The predicted octanol–water partition coefficient (Wildman–Crippen LogP) is -0.776. The third-order valence-corrected chi connectivity index (χ3v) is 3.61. The second kappa shape index (κ2) is 4.97. The molecular weight excluding hydrogens is 244 g/mol. The van der Waals surface area contributed by atoms with Crippen LogP contribution in [0.1, 0.15) is 5.56 Å². The minimum Gasteiger partial charge on any atom is -0.328 e. The molecule has 0 saturated carbocycles. The number of hydrogen-bond acceptors (Lipinski definition) is 4. The molecule has 1 unspecified atom stereocenters. The number of carbonyl (C=O) groups excluding carboxylic acids is 2. The summed E-state index contributed by atoms with van der Waals surface area (Å²) in [5.41, 5.74) is 0.945. The summed E-state index contributed by atoms with van der Waals surface area (Å²) in [4.78, 5) is 31.5. The lowest BCUT2D eigenvalue weighted by Gasteiger charge is -2.43. The average molecular weight is 260 g/mol. The summed E-state index contributed by atoms with van der Waals surface area (Å²) in [5, 5.41) is 3.26. The van der Waals surface area contributed by atoms with Crippen molar-refractivity contribution in [1.82, 2.24) is 20.1 Å². The molecule has 2 aliphatic rings. The van der Waals surface area contributed by atoms with Gasteiger partial charge in [0.05, 0.1) is 6.04 Å². The predicted molar refractivity (Wildman–Crippen MR) is 68.0 cm³/mol. The van der Waals surface area contributed by atoms with Gasteiger partial charge in [-0.15, -0.1) is 0 Å². The van der Waals surface area contributed by atoms with Gasteiger partial charge in [0.25, 0.3) is 0 Å². The molecule has 2 amide bonds. The Kier molecular flexibility index (Phi) is 3.16. The monoisotopic (exact) mass is 260 g/mol. The summed E-state index contributed by atoms with van der Waals surface area (Å²) in [6.07, 6.45) is 3.42. The van der Waals surface area contributed by atoms with Crippen LogP contribution in [0.5, 0.6) is 0 Å². The zero-order valence-corrected chi connectivity index (χ0v) is 10.6. The van der Waals surface area contributed by atoms with E-state index in [0.717, 1.165) is 18.7 Å². The molecule has 0 spiro atoms. The first-order valence-electron chi connectivity index (χ1n) is 6.45. The van der Waals surface area contributed by atoms with Gasteiger partial charge in [-0.05, 0) is 11.6 Å². The van der Waals surface area contributed by atoms with Gasteiger partial charge in [0, 0.05) is 45.1 Å². The SMILES string of the molecule is O=C1C(=O)N2CCNCC2CN1Cc1cccnc1. The number of amides is 2. The van der Waals surface area contributed by atoms with Crippen molar-refractivity contribution in [2.24, 2.45) is 0 Å². The van der Waals surface area contributed by atoms with Gasteiger partial charge in [0.1, 0.15) is 0 Å². The molecule has 0 bridgehead atoms.